The number of nitrogens with one attached hydrogen (secondary N) is 1. The predicted octanol–water partition coefficient (Wildman–Crippen LogP) is -0.488. The van der Waals surface area contributed by atoms with E-state index in [9.17, 15) is 0 Å². The molecule has 7 heavy (non-hydrogen) atoms. The van der Waals surface area contributed by atoms with Gasteiger partial charge in [-0.15, -0.1) is 0 Å². The molecule has 0 atom stereocenters. The summed E-state index contributed by atoms with van der Waals surface area (Å²) in [6.07, 6.45) is 1.69. The third kappa shape index (κ3) is 0.826. The maximum Gasteiger partial charge on any atom is 0.167 e. The molecule has 0 amide bonds. The van der Waals surface area contributed by atoms with E-state index in [0.717, 1.165) is 5.69 Å². The van der Waals surface area contributed by atoms with Crippen molar-refractivity contribution in [3.05, 3.63) is 11.9 Å². The van der Waals surface area contributed by atoms with Crippen LogP contribution in [0.1, 0.15) is 5.69 Å². The van der Waals surface area contributed by atoms with Crippen molar-refractivity contribution < 1.29 is 0 Å². The molecule has 1 rings (SSSR count). The monoisotopic (exact) mass is 92.1 g/mol. The molecule has 34 valence electrons. The zero-order valence-electron chi connectivity index (χ0n) is 4.10. The molecule has 1 N–H and O–H groups in total. The SMILES string of the molecule is [B]c1ncc(C)[nH]1. The molecule has 0 saturated carbocycles. The fraction of sp³-hybridized carbons (Fsp3) is 0.250. The van der Waals surface area contributed by atoms with Gasteiger partial charge in [0, 0.05) is 17.6 Å². The number of hydrogen-bond donors (Lipinski definition) is 1. The van der Waals surface area contributed by atoms with Crippen LogP contribution in [0, 0.1) is 6.92 Å². The van der Waals surface area contributed by atoms with Crippen LogP contribution in [0.2, 0.25) is 0 Å². The van der Waals surface area contributed by atoms with Crippen molar-refractivity contribution >= 4 is 13.6 Å². The Kier molecular flexibility index (Phi) is 0.892. The Morgan fingerprint density at radius 1 is 1.86 bits per heavy atom. The number of aromatic amines is 1. The standard InChI is InChI=1S/C4H5BN2/c1-3-2-6-4(5)7-3/h2H,1H3,(H,6,7). The molecule has 2 nitrogen and oxygen atoms in total. The molecule has 0 aliphatic heterocycles. The van der Waals surface area contributed by atoms with Crippen LogP contribution in [0.25, 0.3) is 0 Å². The number of hydrogen-bond acceptors (Lipinski definition) is 1. The van der Waals surface area contributed by atoms with Crippen LogP contribution >= 0.6 is 0 Å². The Bertz CT molecular complexity index is 142. The van der Waals surface area contributed by atoms with E-state index >= 15 is 0 Å². The summed E-state index contributed by atoms with van der Waals surface area (Å²) in [5.74, 6) is 0. The minimum atomic E-state index is 0.484. The first kappa shape index (κ1) is 4.43. The summed E-state index contributed by atoms with van der Waals surface area (Å²) in [6.45, 7) is 1.91. The Morgan fingerprint density at radius 2 is 2.57 bits per heavy atom. The maximum absolute atomic E-state index is 5.21. The predicted molar refractivity (Wildman–Crippen MR) is 28.7 cm³/mol. The highest BCUT2D eigenvalue weighted by atomic mass is 14.9. The number of aryl methyl sites for hydroxylation is 1. The lowest BCUT2D eigenvalue weighted by Gasteiger charge is -1.74. The van der Waals surface area contributed by atoms with Gasteiger partial charge < -0.3 is 4.98 Å². The van der Waals surface area contributed by atoms with Crippen LogP contribution in [0.3, 0.4) is 0 Å². The molecule has 1 heterocycles. The van der Waals surface area contributed by atoms with Crippen LogP contribution in [-0.4, -0.2) is 17.8 Å². The molecular weight excluding hydrogens is 86.9 g/mol. The molecule has 0 fully saturated rings. The molecule has 0 aromatic carbocycles. The fourth-order valence-electron chi connectivity index (χ4n) is 0.433. The zero-order chi connectivity index (χ0) is 5.28. The zero-order valence-corrected chi connectivity index (χ0v) is 4.10. The van der Waals surface area contributed by atoms with E-state index in [-0.39, 0.29) is 0 Å². The third-order valence-corrected chi connectivity index (χ3v) is 0.723. The van der Waals surface area contributed by atoms with Crippen molar-refractivity contribution in [2.45, 2.75) is 6.92 Å². The minimum Gasteiger partial charge on any atom is -0.355 e. The molecule has 2 radical (unpaired) electrons. The van der Waals surface area contributed by atoms with Gasteiger partial charge in [-0.25, -0.2) is 0 Å². The summed E-state index contributed by atoms with van der Waals surface area (Å²) in [5, 5.41) is 0. The molecular formula is C4H5BN2. The van der Waals surface area contributed by atoms with E-state index in [1.54, 1.807) is 6.20 Å². The fourth-order valence-corrected chi connectivity index (χ4v) is 0.433. The van der Waals surface area contributed by atoms with Crippen molar-refractivity contribution in [3.63, 3.8) is 0 Å². The second-order valence-electron chi connectivity index (χ2n) is 1.45. The van der Waals surface area contributed by atoms with Crippen molar-refractivity contribution in [1.82, 2.24) is 9.97 Å². The Hall–Kier alpha value is -0.725. The first-order valence-electron chi connectivity index (χ1n) is 2.06. The highest BCUT2D eigenvalue weighted by Gasteiger charge is 1.83. The van der Waals surface area contributed by atoms with E-state index in [4.69, 9.17) is 7.85 Å². The average molecular weight is 91.9 g/mol. The van der Waals surface area contributed by atoms with Gasteiger partial charge in [-0.05, 0) is 6.92 Å². The topological polar surface area (TPSA) is 28.7 Å². The number of imidazole rings is 1. The summed E-state index contributed by atoms with van der Waals surface area (Å²) < 4.78 is 0. The Morgan fingerprint density at radius 3 is 2.71 bits per heavy atom. The lowest BCUT2D eigenvalue weighted by molar-refractivity contribution is 1.30. The van der Waals surface area contributed by atoms with E-state index in [2.05, 4.69) is 9.97 Å². The van der Waals surface area contributed by atoms with Crippen LogP contribution in [0.15, 0.2) is 6.20 Å². The molecule has 1 aromatic rings. The molecule has 0 bridgehead atoms. The second kappa shape index (κ2) is 1.41. The van der Waals surface area contributed by atoms with Gasteiger partial charge in [0.2, 0.25) is 0 Å². The van der Waals surface area contributed by atoms with Gasteiger partial charge in [0.05, 0.1) is 0 Å². The molecule has 0 saturated heterocycles. The molecule has 1 aromatic heterocycles. The Balaban J connectivity index is 3.04. The summed E-state index contributed by atoms with van der Waals surface area (Å²) in [7, 11) is 5.21. The minimum absolute atomic E-state index is 0.484. The Labute approximate surface area is 43.4 Å². The molecule has 0 spiro atoms. The average Bonchev–Trinajstić information content (AvgIpc) is 1.87. The highest BCUT2D eigenvalue weighted by Crippen LogP contribution is 1.78. The summed E-state index contributed by atoms with van der Waals surface area (Å²) >= 11 is 0. The third-order valence-electron chi connectivity index (χ3n) is 0.723. The van der Waals surface area contributed by atoms with Gasteiger partial charge in [0.25, 0.3) is 0 Å². The lowest BCUT2D eigenvalue weighted by atomic mass is 10.1. The summed E-state index contributed by atoms with van der Waals surface area (Å²) in [4.78, 5) is 6.54. The first-order chi connectivity index (χ1) is 3.29. The smallest absolute Gasteiger partial charge is 0.167 e. The molecule has 0 unspecified atom stereocenters. The van der Waals surface area contributed by atoms with Crippen LogP contribution in [0.5, 0.6) is 0 Å². The molecule has 3 heteroatoms. The maximum atomic E-state index is 5.21. The quantitative estimate of drug-likeness (QED) is 0.430. The van der Waals surface area contributed by atoms with Crippen molar-refractivity contribution in [3.8, 4) is 0 Å². The lowest BCUT2D eigenvalue weighted by Crippen LogP contribution is -2.05. The van der Waals surface area contributed by atoms with Crippen LogP contribution in [-0.2, 0) is 0 Å². The summed E-state index contributed by atoms with van der Waals surface area (Å²) in [5.41, 5.74) is 1.48. The molecule has 0 aliphatic carbocycles. The number of aromatic nitrogens is 2. The van der Waals surface area contributed by atoms with Gasteiger partial charge in [0.1, 0.15) is 0 Å². The molecule has 0 aliphatic rings. The van der Waals surface area contributed by atoms with Crippen LogP contribution < -0.4 is 5.72 Å². The second-order valence-corrected chi connectivity index (χ2v) is 1.45. The van der Waals surface area contributed by atoms with Gasteiger partial charge in [0.15, 0.2) is 7.85 Å². The van der Waals surface area contributed by atoms with E-state index in [1.165, 1.54) is 0 Å². The number of nitrogens with zero attached hydrogens (tertiary/aromatic N) is 1. The van der Waals surface area contributed by atoms with Gasteiger partial charge in [-0.3, -0.25) is 4.98 Å². The normalized spacial score (nSPS) is 9.29. The van der Waals surface area contributed by atoms with Crippen molar-refractivity contribution in [2.24, 2.45) is 0 Å². The van der Waals surface area contributed by atoms with Gasteiger partial charge in [-0.2, -0.15) is 0 Å². The van der Waals surface area contributed by atoms with Crippen LogP contribution in [0.4, 0.5) is 0 Å². The summed E-state index contributed by atoms with van der Waals surface area (Å²) in [6, 6.07) is 0. The van der Waals surface area contributed by atoms with Crippen molar-refractivity contribution in [2.75, 3.05) is 0 Å². The first-order valence-corrected chi connectivity index (χ1v) is 2.06. The van der Waals surface area contributed by atoms with E-state index in [1.807, 2.05) is 6.92 Å². The van der Waals surface area contributed by atoms with E-state index < -0.39 is 0 Å². The largest absolute Gasteiger partial charge is 0.355 e. The van der Waals surface area contributed by atoms with E-state index in [0.29, 0.717) is 5.72 Å². The van der Waals surface area contributed by atoms with Crippen molar-refractivity contribution in [1.29, 1.82) is 0 Å². The highest BCUT2D eigenvalue weighted by molar-refractivity contribution is 6.28. The number of rotatable bonds is 0. The van der Waals surface area contributed by atoms with Gasteiger partial charge >= 0.3 is 0 Å². The number of H-pyrrole nitrogens is 1. The van der Waals surface area contributed by atoms with Gasteiger partial charge in [-0.1, -0.05) is 0 Å².